The zero-order valence-corrected chi connectivity index (χ0v) is 12.1. The lowest BCUT2D eigenvalue weighted by Gasteiger charge is -2.31. The van der Waals surface area contributed by atoms with E-state index in [9.17, 15) is 0 Å². The first-order valence-corrected chi connectivity index (χ1v) is 7.88. The minimum absolute atomic E-state index is 0.769. The summed E-state index contributed by atoms with van der Waals surface area (Å²) in [5.41, 5.74) is 7.05. The number of piperidine rings is 1. The summed E-state index contributed by atoms with van der Waals surface area (Å²) in [5, 5.41) is 0. The van der Waals surface area contributed by atoms with E-state index in [1.165, 1.54) is 48.7 Å². The molecular weight excluding hydrogens is 240 g/mol. The maximum atomic E-state index is 5.71. The van der Waals surface area contributed by atoms with Crippen molar-refractivity contribution in [3.8, 4) is 0 Å². The summed E-state index contributed by atoms with van der Waals surface area (Å²) in [4.78, 5) is 3.96. The van der Waals surface area contributed by atoms with E-state index in [0.717, 1.165) is 12.5 Å². The van der Waals surface area contributed by atoms with Crippen molar-refractivity contribution in [3.05, 3.63) is 29.8 Å². The molecule has 0 unspecified atom stereocenters. The van der Waals surface area contributed by atoms with Crippen LogP contribution in [0.3, 0.4) is 0 Å². The predicted molar refractivity (Wildman–Crippen MR) is 80.1 cm³/mol. The third-order valence-electron chi connectivity index (χ3n) is 3.74. The van der Waals surface area contributed by atoms with Crippen molar-refractivity contribution in [2.45, 2.75) is 24.7 Å². The minimum Gasteiger partial charge on any atom is -0.330 e. The molecule has 0 aromatic heterocycles. The Morgan fingerprint density at radius 1 is 1.22 bits per heavy atom. The number of aryl methyl sites for hydroxylation is 1. The van der Waals surface area contributed by atoms with Gasteiger partial charge in [0, 0.05) is 17.2 Å². The van der Waals surface area contributed by atoms with Gasteiger partial charge in [-0.1, -0.05) is 17.7 Å². The van der Waals surface area contributed by atoms with Gasteiger partial charge in [0.1, 0.15) is 0 Å². The van der Waals surface area contributed by atoms with Gasteiger partial charge in [0.15, 0.2) is 0 Å². The molecule has 1 aromatic rings. The van der Waals surface area contributed by atoms with E-state index in [4.69, 9.17) is 5.73 Å². The zero-order chi connectivity index (χ0) is 12.8. The van der Waals surface area contributed by atoms with Crippen LogP contribution in [0.1, 0.15) is 18.4 Å². The Morgan fingerprint density at radius 3 is 2.50 bits per heavy atom. The Morgan fingerprint density at radius 2 is 1.89 bits per heavy atom. The van der Waals surface area contributed by atoms with Crippen molar-refractivity contribution in [2.24, 2.45) is 11.7 Å². The summed E-state index contributed by atoms with van der Waals surface area (Å²) < 4.78 is 0. The van der Waals surface area contributed by atoms with Gasteiger partial charge in [0.25, 0.3) is 0 Å². The largest absolute Gasteiger partial charge is 0.330 e. The first-order valence-electron chi connectivity index (χ1n) is 6.90. The minimum atomic E-state index is 0.769. The molecule has 1 heterocycles. The lowest BCUT2D eigenvalue weighted by molar-refractivity contribution is 0.197. The maximum absolute atomic E-state index is 5.71. The van der Waals surface area contributed by atoms with Crippen molar-refractivity contribution in [1.29, 1.82) is 0 Å². The summed E-state index contributed by atoms with van der Waals surface area (Å²) >= 11 is 1.96. The Balaban J connectivity index is 1.65. The molecular formula is C15H24N2S. The summed E-state index contributed by atoms with van der Waals surface area (Å²) in [7, 11) is 0. The summed E-state index contributed by atoms with van der Waals surface area (Å²) in [6.45, 7) is 6.67. The second kappa shape index (κ2) is 7.17. The molecule has 1 saturated heterocycles. The van der Waals surface area contributed by atoms with E-state index >= 15 is 0 Å². The van der Waals surface area contributed by atoms with Gasteiger partial charge in [-0.05, 0) is 57.5 Å². The quantitative estimate of drug-likeness (QED) is 0.829. The average Bonchev–Trinajstić information content (AvgIpc) is 2.42. The first kappa shape index (κ1) is 13.9. The molecule has 1 aliphatic rings. The highest BCUT2D eigenvalue weighted by atomic mass is 32.2. The molecule has 3 heteroatoms. The highest BCUT2D eigenvalue weighted by Gasteiger charge is 2.17. The van der Waals surface area contributed by atoms with Crippen LogP contribution >= 0.6 is 11.8 Å². The molecule has 2 nitrogen and oxygen atoms in total. The lowest BCUT2D eigenvalue weighted by Crippen LogP contribution is -2.37. The summed E-state index contributed by atoms with van der Waals surface area (Å²) in [5.74, 6) is 1.96. The van der Waals surface area contributed by atoms with Crippen molar-refractivity contribution in [1.82, 2.24) is 4.90 Å². The first-order chi connectivity index (χ1) is 8.78. The Labute approximate surface area is 115 Å². The molecule has 0 amide bonds. The number of benzene rings is 1. The summed E-state index contributed by atoms with van der Waals surface area (Å²) in [6.07, 6.45) is 2.57. The SMILES string of the molecule is Cc1ccc(SCCN2CCC(CN)CC2)cc1. The van der Waals surface area contributed by atoms with Crippen LogP contribution < -0.4 is 5.73 Å². The highest BCUT2D eigenvalue weighted by molar-refractivity contribution is 7.99. The maximum Gasteiger partial charge on any atom is 0.0108 e. The van der Waals surface area contributed by atoms with Crippen LogP contribution in [0.2, 0.25) is 0 Å². The molecule has 0 atom stereocenters. The Bertz CT molecular complexity index is 342. The lowest BCUT2D eigenvalue weighted by atomic mass is 9.97. The van der Waals surface area contributed by atoms with Crippen LogP contribution in [0.5, 0.6) is 0 Å². The van der Waals surface area contributed by atoms with E-state index in [2.05, 4.69) is 36.1 Å². The van der Waals surface area contributed by atoms with Crippen molar-refractivity contribution >= 4 is 11.8 Å². The molecule has 18 heavy (non-hydrogen) atoms. The average molecular weight is 264 g/mol. The number of nitrogens with zero attached hydrogens (tertiary/aromatic N) is 1. The number of nitrogens with two attached hydrogens (primary N) is 1. The molecule has 0 radical (unpaired) electrons. The van der Waals surface area contributed by atoms with E-state index < -0.39 is 0 Å². The highest BCUT2D eigenvalue weighted by Crippen LogP contribution is 2.20. The fraction of sp³-hybridized carbons (Fsp3) is 0.600. The van der Waals surface area contributed by atoms with Crippen LogP contribution in [0.25, 0.3) is 0 Å². The van der Waals surface area contributed by atoms with Crippen LogP contribution in [-0.4, -0.2) is 36.8 Å². The molecule has 100 valence electrons. The van der Waals surface area contributed by atoms with Crippen LogP contribution in [0.4, 0.5) is 0 Å². The molecule has 0 aliphatic carbocycles. The van der Waals surface area contributed by atoms with Crippen LogP contribution in [0, 0.1) is 12.8 Å². The van der Waals surface area contributed by atoms with Crippen molar-refractivity contribution in [2.75, 3.05) is 31.9 Å². The van der Waals surface area contributed by atoms with E-state index in [1.807, 2.05) is 11.8 Å². The van der Waals surface area contributed by atoms with Gasteiger partial charge in [0.2, 0.25) is 0 Å². The number of thioether (sulfide) groups is 1. The number of rotatable bonds is 5. The van der Waals surface area contributed by atoms with Gasteiger partial charge in [-0.3, -0.25) is 0 Å². The van der Waals surface area contributed by atoms with E-state index in [-0.39, 0.29) is 0 Å². The van der Waals surface area contributed by atoms with Crippen LogP contribution in [-0.2, 0) is 0 Å². The smallest absolute Gasteiger partial charge is 0.0108 e. The topological polar surface area (TPSA) is 29.3 Å². The van der Waals surface area contributed by atoms with Crippen LogP contribution in [0.15, 0.2) is 29.2 Å². The fourth-order valence-corrected chi connectivity index (χ4v) is 3.29. The standard InChI is InChI=1S/C15H24N2S/c1-13-2-4-15(5-3-13)18-11-10-17-8-6-14(12-16)7-9-17/h2-5,14H,6-12,16H2,1H3. The normalized spacial score (nSPS) is 18.1. The molecule has 1 aliphatic heterocycles. The number of hydrogen-bond acceptors (Lipinski definition) is 3. The van der Waals surface area contributed by atoms with E-state index in [0.29, 0.717) is 0 Å². The third-order valence-corrected chi connectivity index (χ3v) is 4.73. The Kier molecular flexibility index (Phi) is 5.54. The number of hydrogen-bond donors (Lipinski definition) is 1. The third kappa shape index (κ3) is 4.30. The molecule has 2 rings (SSSR count). The van der Waals surface area contributed by atoms with Gasteiger partial charge in [0.05, 0.1) is 0 Å². The molecule has 1 fully saturated rings. The fourth-order valence-electron chi connectivity index (χ4n) is 2.37. The second-order valence-corrected chi connectivity index (χ2v) is 6.35. The molecule has 2 N–H and O–H groups in total. The van der Waals surface area contributed by atoms with Gasteiger partial charge in [-0.2, -0.15) is 0 Å². The van der Waals surface area contributed by atoms with Gasteiger partial charge >= 0.3 is 0 Å². The predicted octanol–water partition coefficient (Wildman–Crippen LogP) is 2.76. The molecule has 0 saturated carbocycles. The monoisotopic (exact) mass is 264 g/mol. The molecule has 1 aromatic carbocycles. The summed E-state index contributed by atoms with van der Waals surface area (Å²) in [6, 6.07) is 8.82. The van der Waals surface area contributed by atoms with Crippen molar-refractivity contribution < 1.29 is 0 Å². The zero-order valence-electron chi connectivity index (χ0n) is 11.3. The van der Waals surface area contributed by atoms with Crippen molar-refractivity contribution in [3.63, 3.8) is 0 Å². The molecule has 0 spiro atoms. The Hall–Kier alpha value is -0.510. The van der Waals surface area contributed by atoms with Gasteiger partial charge < -0.3 is 10.6 Å². The number of likely N-dealkylation sites (tertiary alicyclic amines) is 1. The molecule has 0 bridgehead atoms. The van der Waals surface area contributed by atoms with E-state index in [1.54, 1.807) is 0 Å². The van der Waals surface area contributed by atoms with Gasteiger partial charge in [-0.25, -0.2) is 0 Å². The van der Waals surface area contributed by atoms with Gasteiger partial charge in [-0.15, -0.1) is 11.8 Å². The second-order valence-electron chi connectivity index (χ2n) is 5.18.